The number of nitriles is 1. The first kappa shape index (κ1) is 17.4. The fourth-order valence-electron chi connectivity index (χ4n) is 3.96. The van der Waals surface area contributed by atoms with Crippen LogP contribution in [0.4, 0.5) is 5.82 Å². The molecule has 5 nitrogen and oxygen atoms in total. The summed E-state index contributed by atoms with van der Waals surface area (Å²) >= 11 is 13.0. The normalized spacial score (nSPS) is 21.2. The molecule has 1 fully saturated rings. The fourth-order valence-corrected chi connectivity index (χ4v) is 4.57. The molecule has 0 spiro atoms. The van der Waals surface area contributed by atoms with Crippen LogP contribution >= 0.6 is 23.2 Å². The van der Waals surface area contributed by atoms with Crippen molar-refractivity contribution in [2.45, 2.75) is 18.8 Å². The molecule has 0 aliphatic carbocycles. The zero-order valence-electron chi connectivity index (χ0n) is 14.4. The molecule has 1 unspecified atom stereocenters. The Labute approximate surface area is 162 Å². The lowest BCUT2D eigenvalue weighted by molar-refractivity contribution is 0.238. The summed E-state index contributed by atoms with van der Waals surface area (Å²) in [6.45, 7) is 2.03. The van der Waals surface area contributed by atoms with Crippen LogP contribution in [0.2, 0.25) is 10.0 Å². The first-order chi connectivity index (χ1) is 12.6. The second-order valence-corrected chi connectivity index (χ2v) is 7.72. The maximum Gasteiger partial charge on any atom is 0.129 e. The Morgan fingerprint density at radius 2 is 1.92 bits per heavy atom. The molecule has 1 aromatic carbocycles. The van der Waals surface area contributed by atoms with Crippen LogP contribution in [0.15, 0.2) is 35.7 Å². The van der Waals surface area contributed by atoms with E-state index < -0.39 is 0 Å². The number of likely N-dealkylation sites (tertiary alicyclic amines) is 1. The van der Waals surface area contributed by atoms with Gasteiger partial charge in [0, 0.05) is 32.8 Å². The van der Waals surface area contributed by atoms with Crippen LogP contribution in [-0.2, 0) is 0 Å². The van der Waals surface area contributed by atoms with Crippen LogP contribution < -0.4 is 5.32 Å². The predicted octanol–water partition coefficient (Wildman–Crippen LogP) is 4.39. The number of rotatable bonds is 2. The molecule has 0 radical (unpaired) electrons. The second kappa shape index (κ2) is 6.96. The molecule has 0 saturated carbocycles. The molecule has 26 heavy (non-hydrogen) atoms. The van der Waals surface area contributed by atoms with Crippen molar-refractivity contribution >= 4 is 29.0 Å². The first-order valence-electron chi connectivity index (χ1n) is 8.67. The molecule has 0 bridgehead atoms. The SMILES string of the molecule is CN1CCC(C2=C(C#N)C(c3c(Cl)cccc3Cl)c3cn[nH]c3N2)CC1. The van der Waals surface area contributed by atoms with Crippen LogP contribution in [0.25, 0.3) is 0 Å². The topological polar surface area (TPSA) is 67.7 Å². The second-order valence-electron chi connectivity index (χ2n) is 6.91. The third-order valence-electron chi connectivity index (χ3n) is 5.35. The number of fused-ring (bicyclic) bond motifs is 1. The number of hydrogen-bond acceptors (Lipinski definition) is 4. The highest BCUT2D eigenvalue weighted by Gasteiger charge is 2.36. The van der Waals surface area contributed by atoms with Crippen molar-refractivity contribution in [3.8, 4) is 6.07 Å². The Hall–Kier alpha value is -2.00. The zero-order valence-corrected chi connectivity index (χ0v) is 15.9. The van der Waals surface area contributed by atoms with E-state index in [9.17, 15) is 5.26 Å². The van der Waals surface area contributed by atoms with Gasteiger partial charge < -0.3 is 10.2 Å². The molecular formula is C19H19Cl2N5. The van der Waals surface area contributed by atoms with Gasteiger partial charge in [-0.3, -0.25) is 5.10 Å². The summed E-state index contributed by atoms with van der Waals surface area (Å²) in [5.74, 6) is 0.811. The van der Waals surface area contributed by atoms with Gasteiger partial charge in [0.2, 0.25) is 0 Å². The number of nitrogens with one attached hydrogen (secondary N) is 2. The first-order valence-corrected chi connectivity index (χ1v) is 9.42. The number of aromatic nitrogens is 2. The van der Waals surface area contributed by atoms with Gasteiger partial charge in [0.1, 0.15) is 5.82 Å². The minimum absolute atomic E-state index is 0.307. The van der Waals surface area contributed by atoms with E-state index in [1.165, 1.54) is 0 Å². The molecule has 4 rings (SSSR count). The molecule has 3 heterocycles. The highest BCUT2D eigenvalue weighted by molar-refractivity contribution is 6.36. The summed E-state index contributed by atoms with van der Waals surface area (Å²) < 4.78 is 0. The number of H-pyrrole nitrogens is 1. The minimum Gasteiger partial charge on any atom is -0.343 e. The average Bonchev–Trinajstić information content (AvgIpc) is 3.10. The van der Waals surface area contributed by atoms with Crippen molar-refractivity contribution in [1.29, 1.82) is 5.26 Å². The van der Waals surface area contributed by atoms with E-state index in [1.807, 2.05) is 18.2 Å². The van der Waals surface area contributed by atoms with E-state index in [1.54, 1.807) is 6.20 Å². The number of halogens is 2. The highest BCUT2D eigenvalue weighted by Crippen LogP contribution is 2.47. The Morgan fingerprint density at radius 3 is 2.58 bits per heavy atom. The smallest absolute Gasteiger partial charge is 0.129 e. The molecular weight excluding hydrogens is 369 g/mol. The molecule has 2 aliphatic heterocycles. The van der Waals surface area contributed by atoms with Gasteiger partial charge in [-0.1, -0.05) is 29.3 Å². The number of nitrogens with zero attached hydrogens (tertiary/aromatic N) is 3. The molecule has 1 saturated heterocycles. The van der Waals surface area contributed by atoms with Gasteiger partial charge in [-0.05, 0) is 45.1 Å². The van der Waals surface area contributed by atoms with E-state index in [0.29, 0.717) is 21.5 Å². The highest BCUT2D eigenvalue weighted by atomic mass is 35.5. The lowest BCUT2D eigenvalue weighted by Crippen LogP contribution is -2.34. The molecule has 2 N–H and O–H groups in total. The van der Waals surface area contributed by atoms with E-state index in [-0.39, 0.29) is 5.92 Å². The largest absolute Gasteiger partial charge is 0.343 e. The Balaban J connectivity index is 1.87. The number of hydrogen-bond donors (Lipinski definition) is 2. The van der Waals surface area contributed by atoms with Crippen molar-refractivity contribution in [3.05, 3.63) is 56.8 Å². The maximum atomic E-state index is 10.0. The van der Waals surface area contributed by atoms with E-state index >= 15 is 0 Å². The third kappa shape index (κ3) is 2.88. The zero-order chi connectivity index (χ0) is 18.3. The Bertz CT molecular complexity index is 883. The summed E-state index contributed by atoms with van der Waals surface area (Å²) in [4.78, 5) is 2.32. The number of piperidine rings is 1. The molecule has 1 aromatic heterocycles. The maximum absolute atomic E-state index is 10.0. The molecule has 2 aliphatic rings. The van der Waals surface area contributed by atoms with E-state index in [0.717, 1.165) is 48.6 Å². The van der Waals surface area contributed by atoms with Gasteiger partial charge in [0.25, 0.3) is 0 Å². The molecule has 7 heteroatoms. The lowest BCUT2D eigenvalue weighted by Gasteiger charge is -2.35. The van der Waals surface area contributed by atoms with Crippen molar-refractivity contribution in [2.75, 3.05) is 25.5 Å². The quantitative estimate of drug-likeness (QED) is 0.801. The number of allylic oxidation sites excluding steroid dienone is 2. The summed E-state index contributed by atoms with van der Waals surface area (Å²) in [6.07, 6.45) is 3.77. The fraction of sp³-hybridized carbons (Fsp3) is 0.368. The Kier molecular flexibility index (Phi) is 4.66. The van der Waals surface area contributed by atoms with Crippen LogP contribution in [0.5, 0.6) is 0 Å². The molecule has 2 aromatic rings. The van der Waals surface area contributed by atoms with Gasteiger partial charge in [-0.2, -0.15) is 10.4 Å². The summed E-state index contributed by atoms with van der Waals surface area (Å²) in [6, 6.07) is 7.89. The van der Waals surface area contributed by atoms with Crippen LogP contribution in [0, 0.1) is 17.2 Å². The van der Waals surface area contributed by atoms with Gasteiger partial charge >= 0.3 is 0 Å². The average molecular weight is 388 g/mol. The van der Waals surface area contributed by atoms with Crippen molar-refractivity contribution in [1.82, 2.24) is 15.1 Å². The minimum atomic E-state index is -0.314. The Morgan fingerprint density at radius 1 is 1.23 bits per heavy atom. The van der Waals surface area contributed by atoms with Gasteiger partial charge in [0.05, 0.1) is 23.8 Å². The van der Waals surface area contributed by atoms with Crippen molar-refractivity contribution in [3.63, 3.8) is 0 Å². The third-order valence-corrected chi connectivity index (χ3v) is 6.01. The van der Waals surface area contributed by atoms with Crippen molar-refractivity contribution < 1.29 is 0 Å². The summed E-state index contributed by atoms with van der Waals surface area (Å²) in [7, 11) is 2.13. The molecule has 1 atom stereocenters. The standard InChI is InChI=1S/C19H19Cl2N5/c1-26-7-5-11(6-8-26)18-12(9-22)16(13-10-23-25-19(13)24-18)17-14(20)3-2-4-15(17)21/h2-4,10-11,16H,5-8H2,1H3,(H2,23,24,25). The van der Waals surface area contributed by atoms with Crippen molar-refractivity contribution in [2.24, 2.45) is 5.92 Å². The predicted molar refractivity (Wildman–Crippen MR) is 103 cm³/mol. The van der Waals surface area contributed by atoms with Crippen LogP contribution in [0.1, 0.15) is 29.9 Å². The van der Waals surface area contributed by atoms with Crippen LogP contribution in [-0.4, -0.2) is 35.2 Å². The summed E-state index contributed by atoms with van der Waals surface area (Å²) in [5, 5.41) is 21.8. The lowest BCUT2D eigenvalue weighted by atomic mass is 9.79. The number of anilines is 1. The van der Waals surface area contributed by atoms with Gasteiger partial charge in [-0.25, -0.2) is 0 Å². The van der Waals surface area contributed by atoms with Crippen LogP contribution in [0.3, 0.4) is 0 Å². The van der Waals surface area contributed by atoms with E-state index in [4.69, 9.17) is 23.2 Å². The number of aromatic amines is 1. The van der Waals surface area contributed by atoms with Gasteiger partial charge in [-0.15, -0.1) is 0 Å². The molecule has 0 amide bonds. The molecule has 134 valence electrons. The number of benzene rings is 1. The van der Waals surface area contributed by atoms with E-state index in [2.05, 4.69) is 33.5 Å². The van der Waals surface area contributed by atoms with Gasteiger partial charge in [0.15, 0.2) is 0 Å². The monoisotopic (exact) mass is 387 g/mol. The summed E-state index contributed by atoms with van der Waals surface area (Å²) in [5.41, 5.74) is 3.32.